The zero-order valence-electron chi connectivity index (χ0n) is 13.6. The van der Waals surface area contributed by atoms with E-state index < -0.39 is 0 Å². The molecule has 0 aromatic heterocycles. The molecule has 0 aliphatic rings. The number of rotatable bonds is 5. The van der Waals surface area contributed by atoms with Gasteiger partial charge in [0.2, 0.25) is 0 Å². The van der Waals surface area contributed by atoms with Crippen LogP contribution in [0.25, 0.3) is 0 Å². The molecule has 3 N–H and O–H groups in total. The number of aliphatic imine (C=N–C) groups is 1. The van der Waals surface area contributed by atoms with Gasteiger partial charge in [-0.05, 0) is 23.5 Å². The van der Waals surface area contributed by atoms with Gasteiger partial charge in [-0.2, -0.15) is 0 Å². The summed E-state index contributed by atoms with van der Waals surface area (Å²) in [6.07, 6.45) is 0. The van der Waals surface area contributed by atoms with Gasteiger partial charge in [0.1, 0.15) is 0 Å². The summed E-state index contributed by atoms with van der Waals surface area (Å²) in [4.78, 5) is 4.34. The van der Waals surface area contributed by atoms with E-state index in [0.717, 1.165) is 5.56 Å². The lowest BCUT2D eigenvalue weighted by atomic mass is 9.87. The Bertz CT molecular complexity index is 438. The van der Waals surface area contributed by atoms with Crippen LogP contribution in [0.4, 0.5) is 0 Å². The van der Waals surface area contributed by atoms with Crippen molar-refractivity contribution in [2.45, 2.75) is 45.7 Å². The Morgan fingerprint density at radius 2 is 1.86 bits per heavy atom. The Balaban J connectivity index is 0.00000400. The molecule has 1 unspecified atom stereocenters. The smallest absolute Gasteiger partial charge is 0.189 e. The first-order chi connectivity index (χ1) is 9.32. The van der Waals surface area contributed by atoms with E-state index in [4.69, 9.17) is 10.5 Å². The fraction of sp³-hybridized carbons (Fsp3) is 0.562. The van der Waals surface area contributed by atoms with Crippen LogP contribution in [0.3, 0.4) is 0 Å². The number of guanidine groups is 1. The number of hydrogen-bond donors (Lipinski definition) is 2. The average Bonchev–Trinajstić information content (AvgIpc) is 2.36. The summed E-state index contributed by atoms with van der Waals surface area (Å²) >= 11 is 0. The van der Waals surface area contributed by atoms with E-state index in [1.807, 2.05) is 6.92 Å². The molecule has 0 spiro atoms. The Hall–Kier alpha value is -0.820. The van der Waals surface area contributed by atoms with Crippen LogP contribution in [0.15, 0.2) is 29.3 Å². The Morgan fingerprint density at radius 3 is 2.33 bits per heavy atom. The number of nitrogens with zero attached hydrogens (tertiary/aromatic N) is 1. The molecule has 0 fully saturated rings. The van der Waals surface area contributed by atoms with Gasteiger partial charge in [-0.3, -0.25) is 0 Å². The van der Waals surface area contributed by atoms with Crippen molar-refractivity contribution in [1.82, 2.24) is 5.32 Å². The predicted molar refractivity (Wildman–Crippen MR) is 100 cm³/mol. The lowest BCUT2D eigenvalue weighted by Gasteiger charge is -2.19. The molecule has 1 aromatic rings. The molecule has 1 atom stereocenters. The SMILES string of the molecule is COCC(C)NC(N)=NCc1ccc(C(C)(C)C)cc1.I. The fourth-order valence-electron chi connectivity index (χ4n) is 1.88. The second kappa shape index (κ2) is 9.25. The highest BCUT2D eigenvalue weighted by Gasteiger charge is 2.12. The highest BCUT2D eigenvalue weighted by molar-refractivity contribution is 14.0. The van der Waals surface area contributed by atoms with Gasteiger partial charge in [0.25, 0.3) is 0 Å². The molecule has 0 aliphatic heterocycles. The van der Waals surface area contributed by atoms with Crippen LogP contribution in [-0.4, -0.2) is 25.7 Å². The van der Waals surface area contributed by atoms with Crippen molar-refractivity contribution in [1.29, 1.82) is 0 Å². The zero-order valence-corrected chi connectivity index (χ0v) is 16.0. The molecule has 1 aromatic carbocycles. The molecule has 120 valence electrons. The second-order valence-electron chi connectivity index (χ2n) is 6.15. The van der Waals surface area contributed by atoms with Crippen molar-refractivity contribution in [3.8, 4) is 0 Å². The highest BCUT2D eigenvalue weighted by Crippen LogP contribution is 2.22. The van der Waals surface area contributed by atoms with Crippen LogP contribution in [0.1, 0.15) is 38.8 Å². The molecule has 21 heavy (non-hydrogen) atoms. The number of ether oxygens (including phenoxy) is 1. The minimum Gasteiger partial charge on any atom is -0.383 e. The van der Waals surface area contributed by atoms with Gasteiger partial charge in [-0.1, -0.05) is 45.0 Å². The van der Waals surface area contributed by atoms with Gasteiger partial charge >= 0.3 is 0 Å². The van der Waals surface area contributed by atoms with Crippen LogP contribution in [0, 0.1) is 0 Å². The van der Waals surface area contributed by atoms with Gasteiger partial charge in [-0.15, -0.1) is 24.0 Å². The maximum atomic E-state index is 5.84. The van der Waals surface area contributed by atoms with E-state index in [1.54, 1.807) is 7.11 Å². The third-order valence-corrected chi connectivity index (χ3v) is 3.06. The summed E-state index contributed by atoms with van der Waals surface area (Å²) in [5.41, 5.74) is 8.49. The maximum Gasteiger partial charge on any atom is 0.189 e. The summed E-state index contributed by atoms with van der Waals surface area (Å²) in [6.45, 7) is 9.82. The number of nitrogens with one attached hydrogen (secondary N) is 1. The molecule has 0 radical (unpaired) electrons. The molecule has 0 bridgehead atoms. The van der Waals surface area contributed by atoms with Crippen molar-refractivity contribution in [3.63, 3.8) is 0 Å². The topological polar surface area (TPSA) is 59.6 Å². The summed E-state index contributed by atoms with van der Waals surface area (Å²) in [6, 6.07) is 8.68. The highest BCUT2D eigenvalue weighted by atomic mass is 127. The predicted octanol–water partition coefficient (Wildman–Crippen LogP) is 3.04. The van der Waals surface area contributed by atoms with Crippen molar-refractivity contribution >= 4 is 29.9 Å². The third-order valence-electron chi connectivity index (χ3n) is 3.06. The van der Waals surface area contributed by atoms with E-state index in [2.05, 4.69) is 55.3 Å². The summed E-state index contributed by atoms with van der Waals surface area (Å²) in [7, 11) is 1.67. The molecule has 4 nitrogen and oxygen atoms in total. The second-order valence-corrected chi connectivity index (χ2v) is 6.15. The van der Waals surface area contributed by atoms with Gasteiger partial charge in [0.05, 0.1) is 13.2 Å². The average molecular weight is 405 g/mol. The molecule has 5 heteroatoms. The zero-order chi connectivity index (χ0) is 15.2. The van der Waals surface area contributed by atoms with Crippen molar-refractivity contribution in [2.24, 2.45) is 10.7 Å². The minimum atomic E-state index is 0. The summed E-state index contributed by atoms with van der Waals surface area (Å²) in [5, 5.41) is 3.09. The lowest BCUT2D eigenvalue weighted by molar-refractivity contribution is 0.179. The molecule has 0 saturated carbocycles. The Kier molecular flexibility index (Phi) is 8.89. The number of halogens is 1. The normalized spacial score (nSPS) is 13.5. The number of nitrogens with two attached hydrogens (primary N) is 1. The molecular formula is C16H28IN3O. The molecule has 1 rings (SSSR count). The maximum absolute atomic E-state index is 5.84. The van der Waals surface area contributed by atoms with E-state index in [-0.39, 0.29) is 35.4 Å². The van der Waals surface area contributed by atoms with E-state index in [9.17, 15) is 0 Å². The molecular weight excluding hydrogens is 377 g/mol. The van der Waals surface area contributed by atoms with Crippen LogP contribution < -0.4 is 11.1 Å². The van der Waals surface area contributed by atoms with Crippen molar-refractivity contribution in [3.05, 3.63) is 35.4 Å². The fourth-order valence-corrected chi connectivity index (χ4v) is 1.88. The largest absolute Gasteiger partial charge is 0.383 e. The molecule has 0 saturated heterocycles. The summed E-state index contributed by atoms with van der Waals surface area (Å²) < 4.78 is 5.04. The van der Waals surface area contributed by atoms with Crippen molar-refractivity contribution in [2.75, 3.05) is 13.7 Å². The number of hydrogen-bond acceptors (Lipinski definition) is 2. The van der Waals surface area contributed by atoms with Gasteiger partial charge < -0.3 is 15.8 Å². The van der Waals surface area contributed by atoms with Crippen LogP contribution in [0.2, 0.25) is 0 Å². The van der Waals surface area contributed by atoms with Gasteiger partial charge in [0.15, 0.2) is 5.96 Å². The number of methoxy groups -OCH3 is 1. The van der Waals surface area contributed by atoms with E-state index in [0.29, 0.717) is 19.1 Å². The van der Waals surface area contributed by atoms with Gasteiger partial charge in [-0.25, -0.2) is 4.99 Å². The quantitative estimate of drug-likeness (QED) is 0.450. The first-order valence-electron chi connectivity index (χ1n) is 6.97. The monoisotopic (exact) mass is 405 g/mol. The first-order valence-corrected chi connectivity index (χ1v) is 6.97. The van der Waals surface area contributed by atoms with Crippen LogP contribution >= 0.6 is 24.0 Å². The minimum absolute atomic E-state index is 0. The Labute approximate surface area is 145 Å². The summed E-state index contributed by atoms with van der Waals surface area (Å²) in [5.74, 6) is 0.453. The van der Waals surface area contributed by atoms with Gasteiger partial charge in [0, 0.05) is 13.2 Å². The van der Waals surface area contributed by atoms with E-state index >= 15 is 0 Å². The molecule has 0 amide bonds. The molecule has 0 aliphatic carbocycles. The van der Waals surface area contributed by atoms with E-state index in [1.165, 1.54) is 5.56 Å². The number of benzene rings is 1. The van der Waals surface area contributed by atoms with Crippen LogP contribution in [-0.2, 0) is 16.7 Å². The van der Waals surface area contributed by atoms with Crippen LogP contribution in [0.5, 0.6) is 0 Å². The molecule has 0 heterocycles. The third kappa shape index (κ3) is 7.66. The van der Waals surface area contributed by atoms with Crippen molar-refractivity contribution < 1.29 is 4.74 Å². The standard InChI is InChI=1S/C16H27N3O.HI/c1-12(11-20-5)19-15(17)18-10-13-6-8-14(9-7-13)16(2,3)4;/h6-9,12H,10-11H2,1-5H3,(H3,17,18,19);1H. The first kappa shape index (κ1) is 20.2. The lowest BCUT2D eigenvalue weighted by Crippen LogP contribution is -2.40. The Morgan fingerprint density at radius 1 is 1.29 bits per heavy atom.